The van der Waals surface area contributed by atoms with Gasteiger partial charge in [-0.25, -0.2) is 9.78 Å². The summed E-state index contributed by atoms with van der Waals surface area (Å²) < 4.78 is 5.44. The number of carbonyl (C=O) groups excluding carboxylic acids is 1. The number of likely N-dealkylation sites (tertiary alicyclic amines) is 1. The zero-order valence-corrected chi connectivity index (χ0v) is 15.7. The van der Waals surface area contributed by atoms with Crippen LogP contribution in [0.25, 0.3) is 0 Å². The van der Waals surface area contributed by atoms with E-state index in [0.29, 0.717) is 12.0 Å². The molecule has 0 unspecified atom stereocenters. The molecule has 6 heteroatoms. The second-order valence-electron chi connectivity index (χ2n) is 7.41. The van der Waals surface area contributed by atoms with E-state index in [1.807, 2.05) is 39.4 Å². The van der Waals surface area contributed by atoms with Crippen molar-refractivity contribution in [2.24, 2.45) is 5.92 Å². The van der Waals surface area contributed by atoms with Gasteiger partial charge >= 0.3 is 6.09 Å². The fourth-order valence-electron chi connectivity index (χ4n) is 3.00. The van der Waals surface area contributed by atoms with E-state index in [2.05, 4.69) is 16.8 Å². The van der Waals surface area contributed by atoms with Crippen molar-refractivity contribution in [2.45, 2.75) is 52.2 Å². The number of ether oxygens (including phenoxy) is 1. The Hall–Kier alpha value is -1.14. The number of nitrogens with zero attached hydrogens (tertiary/aromatic N) is 3. The maximum Gasteiger partial charge on any atom is 0.410 e. The highest BCUT2D eigenvalue weighted by molar-refractivity contribution is 7.09. The summed E-state index contributed by atoms with van der Waals surface area (Å²) in [4.78, 5) is 20.8. The molecule has 1 aromatic rings. The number of rotatable bonds is 4. The molecule has 5 nitrogen and oxygen atoms in total. The molecule has 0 spiro atoms. The molecule has 1 aliphatic rings. The maximum absolute atomic E-state index is 12.1. The van der Waals surface area contributed by atoms with Crippen LogP contribution in [0.1, 0.15) is 51.6 Å². The first-order valence-corrected chi connectivity index (χ1v) is 9.22. The van der Waals surface area contributed by atoms with E-state index in [0.717, 1.165) is 26.1 Å². The second kappa shape index (κ2) is 7.62. The van der Waals surface area contributed by atoms with Crippen LogP contribution in [-0.4, -0.2) is 53.2 Å². The number of aromatic nitrogens is 1. The van der Waals surface area contributed by atoms with Crippen molar-refractivity contribution >= 4 is 17.4 Å². The van der Waals surface area contributed by atoms with Crippen LogP contribution in [0.4, 0.5) is 4.79 Å². The molecule has 2 rings (SSSR count). The Morgan fingerprint density at radius 3 is 2.91 bits per heavy atom. The third kappa shape index (κ3) is 5.46. The average Bonchev–Trinajstić information content (AvgIpc) is 2.99. The Bertz CT molecular complexity index is 498. The SMILES string of the molecule is C[C@H](c1nccs1)N1CCC[C@H](CN(C)C(=O)OC(C)(C)C)C1. The molecule has 0 aliphatic carbocycles. The lowest BCUT2D eigenvalue weighted by molar-refractivity contribution is 0.0232. The minimum absolute atomic E-state index is 0.234. The van der Waals surface area contributed by atoms with Gasteiger partial charge in [-0.3, -0.25) is 4.90 Å². The summed E-state index contributed by atoms with van der Waals surface area (Å²) in [5.41, 5.74) is -0.441. The van der Waals surface area contributed by atoms with Crippen LogP contribution in [0, 0.1) is 5.92 Å². The summed E-state index contributed by atoms with van der Waals surface area (Å²) >= 11 is 1.71. The first-order chi connectivity index (χ1) is 10.8. The van der Waals surface area contributed by atoms with Gasteiger partial charge in [0.25, 0.3) is 0 Å². The Morgan fingerprint density at radius 2 is 2.30 bits per heavy atom. The Labute approximate surface area is 143 Å². The molecule has 1 amide bonds. The third-order valence-electron chi connectivity index (χ3n) is 4.14. The van der Waals surface area contributed by atoms with Crippen LogP contribution in [0.15, 0.2) is 11.6 Å². The Kier molecular flexibility index (Phi) is 6.03. The lowest BCUT2D eigenvalue weighted by Crippen LogP contribution is -2.43. The number of hydrogen-bond donors (Lipinski definition) is 0. The van der Waals surface area contributed by atoms with E-state index in [4.69, 9.17) is 4.74 Å². The van der Waals surface area contributed by atoms with Gasteiger partial charge in [-0.05, 0) is 53.0 Å². The summed E-state index contributed by atoms with van der Waals surface area (Å²) in [6, 6.07) is 0.352. The van der Waals surface area contributed by atoms with Crippen molar-refractivity contribution in [2.75, 3.05) is 26.7 Å². The molecule has 1 fully saturated rings. The highest BCUT2D eigenvalue weighted by Crippen LogP contribution is 2.28. The topological polar surface area (TPSA) is 45.7 Å². The maximum atomic E-state index is 12.1. The third-order valence-corrected chi connectivity index (χ3v) is 5.09. The lowest BCUT2D eigenvalue weighted by Gasteiger charge is -2.37. The van der Waals surface area contributed by atoms with Gasteiger partial charge in [-0.15, -0.1) is 11.3 Å². The van der Waals surface area contributed by atoms with E-state index < -0.39 is 5.60 Å². The molecule has 2 heterocycles. The number of thiazole rings is 1. The molecular weight excluding hydrogens is 310 g/mol. The van der Waals surface area contributed by atoms with Crippen molar-refractivity contribution in [1.29, 1.82) is 0 Å². The zero-order chi connectivity index (χ0) is 17.0. The predicted octanol–water partition coefficient (Wildman–Crippen LogP) is 3.78. The van der Waals surface area contributed by atoms with Crippen molar-refractivity contribution in [3.8, 4) is 0 Å². The first-order valence-electron chi connectivity index (χ1n) is 8.34. The molecule has 23 heavy (non-hydrogen) atoms. The van der Waals surface area contributed by atoms with Gasteiger partial charge in [0.2, 0.25) is 0 Å². The molecular formula is C17H29N3O2S. The minimum atomic E-state index is -0.441. The van der Waals surface area contributed by atoms with Gasteiger partial charge in [0, 0.05) is 31.7 Å². The molecule has 2 atom stereocenters. The van der Waals surface area contributed by atoms with Crippen molar-refractivity contribution in [3.63, 3.8) is 0 Å². The van der Waals surface area contributed by atoms with Crippen LogP contribution in [0.2, 0.25) is 0 Å². The summed E-state index contributed by atoms with van der Waals surface area (Å²) in [5, 5.41) is 3.20. The summed E-state index contributed by atoms with van der Waals surface area (Å²) in [7, 11) is 1.83. The van der Waals surface area contributed by atoms with Gasteiger partial charge < -0.3 is 9.64 Å². The van der Waals surface area contributed by atoms with Crippen molar-refractivity contribution < 1.29 is 9.53 Å². The van der Waals surface area contributed by atoms with Gasteiger partial charge in [0.05, 0.1) is 6.04 Å². The predicted molar refractivity (Wildman–Crippen MR) is 93.7 cm³/mol. The molecule has 0 bridgehead atoms. The number of amides is 1. The summed E-state index contributed by atoms with van der Waals surface area (Å²) in [6.45, 7) is 10.8. The average molecular weight is 340 g/mol. The van der Waals surface area contributed by atoms with Crippen molar-refractivity contribution in [1.82, 2.24) is 14.8 Å². The molecule has 1 aromatic heterocycles. The zero-order valence-electron chi connectivity index (χ0n) is 14.9. The highest BCUT2D eigenvalue weighted by Gasteiger charge is 2.28. The molecule has 1 aliphatic heterocycles. The Morgan fingerprint density at radius 1 is 1.57 bits per heavy atom. The fraction of sp³-hybridized carbons (Fsp3) is 0.765. The number of carbonyl (C=O) groups is 1. The minimum Gasteiger partial charge on any atom is -0.444 e. The number of piperidine rings is 1. The normalized spacial score (nSPS) is 21.0. The molecule has 0 N–H and O–H groups in total. The molecule has 130 valence electrons. The van der Waals surface area contributed by atoms with E-state index in [1.165, 1.54) is 11.4 Å². The van der Waals surface area contributed by atoms with Crippen LogP contribution < -0.4 is 0 Å². The molecule has 0 aromatic carbocycles. The molecule has 0 radical (unpaired) electrons. The summed E-state index contributed by atoms with van der Waals surface area (Å²) in [6.07, 6.45) is 3.97. The second-order valence-corrected chi connectivity index (χ2v) is 8.34. The van der Waals surface area contributed by atoms with Crippen LogP contribution >= 0.6 is 11.3 Å². The highest BCUT2D eigenvalue weighted by atomic mass is 32.1. The van der Waals surface area contributed by atoms with Crippen LogP contribution in [0.5, 0.6) is 0 Å². The van der Waals surface area contributed by atoms with Gasteiger partial charge in [0.1, 0.15) is 10.6 Å². The van der Waals surface area contributed by atoms with Gasteiger partial charge in [0.15, 0.2) is 0 Å². The van der Waals surface area contributed by atoms with E-state index in [-0.39, 0.29) is 6.09 Å². The molecule has 0 saturated carbocycles. The van der Waals surface area contributed by atoms with Crippen molar-refractivity contribution in [3.05, 3.63) is 16.6 Å². The first kappa shape index (κ1) is 18.2. The van der Waals surface area contributed by atoms with E-state index in [1.54, 1.807) is 16.2 Å². The Balaban J connectivity index is 1.87. The molecule has 1 saturated heterocycles. The van der Waals surface area contributed by atoms with Crippen LogP contribution in [-0.2, 0) is 4.74 Å². The monoisotopic (exact) mass is 339 g/mol. The number of hydrogen-bond acceptors (Lipinski definition) is 5. The lowest BCUT2D eigenvalue weighted by atomic mass is 9.96. The van der Waals surface area contributed by atoms with E-state index >= 15 is 0 Å². The smallest absolute Gasteiger partial charge is 0.410 e. The standard InChI is InChI=1S/C17H29N3O2S/c1-13(15-18-8-10-23-15)20-9-6-7-14(12-20)11-19(5)16(21)22-17(2,3)4/h8,10,13-14H,6-7,9,11-12H2,1-5H3/t13-,14-/m1/s1. The van der Waals surface area contributed by atoms with Gasteiger partial charge in [-0.2, -0.15) is 0 Å². The largest absolute Gasteiger partial charge is 0.444 e. The fourth-order valence-corrected chi connectivity index (χ4v) is 3.73. The van der Waals surface area contributed by atoms with Crippen LogP contribution in [0.3, 0.4) is 0 Å². The van der Waals surface area contributed by atoms with E-state index in [9.17, 15) is 4.79 Å². The van der Waals surface area contributed by atoms with Gasteiger partial charge in [-0.1, -0.05) is 0 Å². The summed E-state index contributed by atoms with van der Waals surface area (Å²) in [5.74, 6) is 0.490. The quantitative estimate of drug-likeness (QED) is 0.837.